The topological polar surface area (TPSA) is 37.8 Å². The van der Waals surface area contributed by atoms with Crippen LogP contribution < -0.4 is 5.32 Å². The first-order chi connectivity index (χ1) is 5.36. The molecular weight excluding hydrogens is 253 g/mol. The number of aromatic nitrogens is 2. The first kappa shape index (κ1) is 7.02. The van der Waals surface area contributed by atoms with Crippen molar-refractivity contribution in [3.63, 3.8) is 0 Å². The molecule has 1 aromatic heterocycles. The van der Waals surface area contributed by atoms with Crippen LogP contribution in [0.2, 0.25) is 0 Å². The van der Waals surface area contributed by atoms with E-state index in [1.54, 1.807) is 6.33 Å². The van der Waals surface area contributed by atoms with E-state index in [1.807, 2.05) is 12.4 Å². The van der Waals surface area contributed by atoms with Crippen LogP contribution in [-0.2, 0) is 6.42 Å². The summed E-state index contributed by atoms with van der Waals surface area (Å²) in [4.78, 5) is 8.03. The Hall–Kier alpha value is -0.650. The number of hydrogen-bond donors (Lipinski definition) is 1. The number of rotatable bonds is 0. The predicted octanol–water partition coefficient (Wildman–Crippen LogP) is 1.72. The highest BCUT2D eigenvalue weighted by Crippen LogP contribution is 2.23. The number of halogens is 1. The van der Waals surface area contributed by atoms with Crippen molar-refractivity contribution in [1.82, 2.24) is 9.97 Å². The molecule has 56 valence electrons. The van der Waals surface area contributed by atoms with Gasteiger partial charge in [-0.05, 0) is 22.6 Å². The molecule has 0 bridgehead atoms. The number of nitrogens with zero attached hydrogens (tertiary/aromatic N) is 2. The maximum atomic E-state index is 4.08. The van der Waals surface area contributed by atoms with Gasteiger partial charge in [-0.25, -0.2) is 9.97 Å². The predicted molar refractivity (Wildman–Crippen MR) is 51.5 cm³/mol. The third-order valence-electron chi connectivity index (χ3n) is 1.51. The lowest BCUT2D eigenvalue weighted by Crippen LogP contribution is -2.04. The van der Waals surface area contributed by atoms with Gasteiger partial charge in [-0.1, -0.05) is 0 Å². The number of fused-ring (bicyclic) bond motifs is 1. The van der Waals surface area contributed by atoms with Gasteiger partial charge in [-0.3, -0.25) is 0 Å². The van der Waals surface area contributed by atoms with E-state index in [-0.39, 0.29) is 0 Å². The highest BCUT2D eigenvalue weighted by atomic mass is 127. The van der Waals surface area contributed by atoms with Crippen molar-refractivity contribution < 1.29 is 0 Å². The average molecular weight is 259 g/mol. The van der Waals surface area contributed by atoms with Crippen LogP contribution in [0.25, 0.3) is 0 Å². The molecule has 1 aliphatic rings. The molecular formula is C7H6IN3. The molecule has 3 nitrogen and oxygen atoms in total. The van der Waals surface area contributed by atoms with E-state index in [4.69, 9.17) is 0 Å². The molecule has 0 fully saturated rings. The van der Waals surface area contributed by atoms with E-state index in [0.29, 0.717) is 0 Å². The van der Waals surface area contributed by atoms with Gasteiger partial charge >= 0.3 is 0 Å². The zero-order valence-electron chi connectivity index (χ0n) is 5.71. The van der Waals surface area contributed by atoms with Gasteiger partial charge in [0, 0.05) is 28.0 Å². The summed E-state index contributed by atoms with van der Waals surface area (Å²) in [7, 11) is 0. The van der Waals surface area contributed by atoms with Crippen molar-refractivity contribution in [3.8, 4) is 0 Å². The van der Waals surface area contributed by atoms with Crippen molar-refractivity contribution in [2.24, 2.45) is 0 Å². The normalized spacial score (nSPS) is 14.8. The van der Waals surface area contributed by atoms with Gasteiger partial charge in [0.05, 0.1) is 0 Å². The van der Waals surface area contributed by atoms with Gasteiger partial charge in [0.25, 0.3) is 0 Å². The molecule has 0 amide bonds. The number of hydrogen-bond acceptors (Lipinski definition) is 3. The van der Waals surface area contributed by atoms with Gasteiger partial charge in [-0.2, -0.15) is 0 Å². The van der Waals surface area contributed by atoms with Crippen LogP contribution in [0.1, 0.15) is 5.56 Å². The van der Waals surface area contributed by atoms with E-state index in [2.05, 4.69) is 37.9 Å². The summed E-state index contributed by atoms with van der Waals surface area (Å²) < 4.78 is 1.28. The molecule has 0 aliphatic carbocycles. The summed E-state index contributed by atoms with van der Waals surface area (Å²) >= 11 is 2.30. The van der Waals surface area contributed by atoms with Gasteiger partial charge in [0.2, 0.25) is 0 Å². The lowest BCUT2D eigenvalue weighted by molar-refractivity contribution is 1.07. The minimum atomic E-state index is 0.931. The van der Waals surface area contributed by atoms with E-state index >= 15 is 0 Å². The maximum Gasteiger partial charge on any atom is 0.136 e. The third-order valence-corrected chi connectivity index (χ3v) is 2.21. The molecule has 0 saturated carbocycles. The molecule has 1 aromatic rings. The highest BCUT2D eigenvalue weighted by Gasteiger charge is 2.08. The summed E-state index contributed by atoms with van der Waals surface area (Å²) in [6.07, 6.45) is 6.32. The Morgan fingerprint density at radius 3 is 3.36 bits per heavy atom. The van der Waals surface area contributed by atoms with Gasteiger partial charge in [0.15, 0.2) is 0 Å². The molecule has 11 heavy (non-hydrogen) atoms. The first-order valence-electron chi connectivity index (χ1n) is 3.26. The monoisotopic (exact) mass is 259 g/mol. The van der Waals surface area contributed by atoms with E-state index in [1.165, 1.54) is 9.14 Å². The Kier molecular flexibility index (Phi) is 1.77. The van der Waals surface area contributed by atoms with E-state index in [9.17, 15) is 0 Å². The fourth-order valence-electron chi connectivity index (χ4n) is 0.997. The van der Waals surface area contributed by atoms with Crippen molar-refractivity contribution >= 4 is 28.4 Å². The lowest BCUT2D eigenvalue weighted by Gasteiger charge is -2.12. The van der Waals surface area contributed by atoms with Crippen LogP contribution in [-0.4, -0.2) is 9.97 Å². The zero-order chi connectivity index (χ0) is 7.68. The second kappa shape index (κ2) is 2.77. The molecule has 0 aromatic carbocycles. The second-order valence-corrected chi connectivity index (χ2v) is 3.69. The molecule has 4 heteroatoms. The molecule has 0 unspecified atom stereocenters. The molecule has 0 radical (unpaired) electrons. The Bertz CT molecular complexity index is 308. The molecule has 1 aliphatic heterocycles. The maximum absolute atomic E-state index is 4.08. The second-order valence-electron chi connectivity index (χ2n) is 2.31. The number of nitrogens with one attached hydrogen (secondary N) is 1. The molecule has 2 heterocycles. The lowest BCUT2D eigenvalue weighted by atomic mass is 10.2. The molecule has 0 atom stereocenters. The Morgan fingerprint density at radius 1 is 1.55 bits per heavy atom. The van der Waals surface area contributed by atoms with Crippen molar-refractivity contribution in [2.45, 2.75) is 6.42 Å². The fourth-order valence-corrected chi connectivity index (χ4v) is 1.56. The minimum Gasteiger partial charge on any atom is -0.346 e. The Balaban J connectivity index is 2.42. The quantitative estimate of drug-likeness (QED) is 0.721. The van der Waals surface area contributed by atoms with E-state index in [0.717, 1.165) is 12.2 Å². The van der Waals surface area contributed by atoms with Crippen molar-refractivity contribution in [3.05, 3.63) is 27.9 Å². The summed E-state index contributed by atoms with van der Waals surface area (Å²) in [6.45, 7) is 0. The smallest absolute Gasteiger partial charge is 0.136 e. The van der Waals surface area contributed by atoms with Crippen molar-refractivity contribution in [1.29, 1.82) is 0 Å². The standard InChI is InChI=1S/C7H6IN3/c8-6-1-5-2-9-4-11-7(5)10-3-6/h2-4H,1H2,(H,9,10,11). The Morgan fingerprint density at radius 2 is 2.45 bits per heavy atom. The van der Waals surface area contributed by atoms with Crippen molar-refractivity contribution in [2.75, 3.05) is 5.32 Å². The largest absolute Gasteiger partial charge is 0.346 e. The van der Waals surface area contributed by atoms with Crippen LogP contribution in [0.4, 0.5) is 5.82 Å². The molecule has 1 N–H and O–H groups in total. The number of anilines is 1. The highest BCUT2D eigenvalue weighted by molar-refractivity contribution is 14.1. The zero-order valence-corrected chi connectivity index (χ0v) is 7.87. The summed E-state index contributed by atoms with van der Waals surface area (Å²) in [6, 6.07) is 0. The van der Waals surface area contributed by atoms with Crippen LogP contribution in [0.5, 0.6) is 0 Å². The van der Waals surface area contributed by atoms with E-state index < -0.39 is 0 Å². The van der Waals surface area contributed by atoms with Gasteiger partial charge in [-0.15, -0.1) is 0 Å². The first-order valence-corrected chi connectivity index (χ1v) is 4.34. The average Bonchev–Trinajstić information content (AvgIpc) is 2.04. The molecule has 0 saturated heterocycles. The summed E-state index contributed by atoms with van der Waals surface area (Å²) in [5.41, 5.74) is 1.17. The summed E-state index contributed by atoms with van der Waals surface area (Å²) in [5.74, 6) is 0.931. The van der Waals surface area contributed by atoms with Crippen LogP contribution >= 0.6 is 22.6 Å². The van der Waals surface area contributed by atoms with Crippen LogP contribution in [0, 0.1) is 0 Å². The molecule has 0 spiro atoms. The SMILES string of the molecule is IC1=CNc2ncncc2C1. The van der Waals surface area contributed by atoms with Gasteiger partial charge in [0.1, 0.15) is 12.1 Å². The van der Waals surface area contributed by atoms with Crippen LogP contribution in [0.15, 0.2) is 22.3 Å². The van der Waals surface area contributed by atoms with Gasteiger partial charge < -0.3 is 5.32 Å². The number of allylic oxidation sites excluding steroid dienone is 1. The minimum absolute atomic E-state index is 0.931. The Labute approximate surface area is 78.1 Å². The molecule has 2 rings (SSSR count). The summed E-state index contributed by atoms with van der Waals surface area (Å²) in [5, 5.41) is 3.09. The fraction of sp³-hybridized carbons (Fsp3) is 0.143. The van der Waals surface area contributed by atoms with Crippen LogP contribution in [0.3, 0.4) is 0 Å². The third kappa shape index (κ3) is 1.35.